The third kappa shape index (κ3) is 4.14. The molecule has 1 N–H and O–H groups in total. The molecule has 0 saturated heterocycles. The zero-order valence-electron chi connectivity index (χ0n) is 11.9. The van der Waals surface area contributed by atoms with E-state index in [2.05, 4.69) is 9.97 Å². The summed E-state index contributed by atoms with van der Waals surface area (Å²) in [5, 5.41) is 0. The predicted molar refractivity (Wildman–Crippen MR) is 78.8 cm³/mol. The Labute approximate surface area is 122 Å². The van der Waals surface area contributed by atoms with Crippen molar-refractivity contribution < 1.29 is 14.3 Å². The molecule has 0 aliphatic carbocycles. The van der Waals surface area contributed by atoms with Crippen molar-refractivity contribution in [2.24, 2.45) is 0 Å². The number of pyridine rings is 1. The molecule has 2 rings (SSSR count). The topological polar surface area (TPSA) is 72.1 Å². The average molecular weight is 284 g/mol. The van der Waals surface area contributed by atoms with Gasteiger partial charge in [0, 0.05) is 29.2 Å². The van der Waals surface area contributed by atoms with Gasteiger partial charge in [0.05, 0.1) is 5.69 Å². The summed E-state index contributed by atoms with van der Waals surface area (Å²) in [6, 6.07) is 7.12. The second-order valence-electron chi connectivity index (χ2n) is 4.61. The molecule has 0 radical (unpaired) electrons. The van der Waals surface area contributed by atoms with Gasteiger partial charge in [-0.2, -0.15) is 0 Å². The lowest BCUT2D eigenvalue weighted by molar-refractivity contribution is -0.136. The van der Waals surface area contributed by atoms with Crippen LogP contribution >= 0.6 is 0 Å². The van der Waals surface area contributed by atoms with Crippen molar-refractivity contribution >= 4 is 17.8 Å². The van der Waals surface area contributed by atoms with E-state index in [9.17, 15) is 9.59 Å². The fourth-order valence-corrected chi connectivity index (χ4v) is 1.90. The quantitative estimate of drug-likeness (QED) is 0.520. The summed E-state index contributed by atoms with van der Waals surface area (Å²) < 4.78 is 4.93. The summed E-state index contributed by atoms with van der Waals surface area (Å²) in [7, 11) is 0. The van der Waals surface area contributed by atoms with Gasteiger partial charge in [-0.3, -0.25) is 9.78 Å². The molecule has 0 fully saturated rings. The minimum atomic E-state index is -0.570. The first-order valence-corrected chi connectivity index (χ1v) is 6.51. The Morgan fingerprint density at radius 2 is 2.14 bits per heavy atom. The fraction of sp³-hybridized carbons (Fsp3) is 0.188. The number of aromatic nitrogens is 2. The minimum absolute atomic E-state index is 0.226. The van der Waals surface area contributed by atoms with E-state index in [1.54, 1.807) is 30.5 Å². The lowest BCUT2D eigenvalue weighted by Crippen LogP contribution is -2.12. The van der Waals surface area contributed by atoms with E-state index < -0.39 is 5.97 Å². The van der Waals surface area contributed by atoms with Gasteiger partial charge in [0.15, 0.2) is 6.61 Å². The van der Waals surface area contributed by atoms with Gasteiger partial charge < -0.3 is 9.72 Å². The molecule has 2 aromatic heterocycles. The molecule has 2 heterocycles. The largest absolute Gasteiger partial charge is 0.454 e. The van der Waals surface area contributed by atoms with Crippen molar-refractivity contribution in [2.75, 3.05) is 6.61 Å². The van der Waals surface area contributed by atoms with Crippen LogP contribution in [0.15, 0.2) is 36.5 Å². The highest BCUT2D eigenvalue weighted by Gasteiger charge is 2.13. The zero-order chi connectivity index (χ0) is 15.2. The summed E-state index contributed by atoms with van der Waals surface area (Å²) in [6.07, 6.45) is 4.43. The van der Waals surface area contributed by atoms with Crippen LogP contribution in [0.2, 0.25) is 0 Å². The lowest BCUT2D eigenvalue weighted by atomic mass is 10.2. The highest BCUT2D eigenvalue weighted by Crippen LogP contribution is 2.10. The molecule has 108 valence electrons. The summed E-state index contributed by atoms with van der Waals surface area (Å²) in [6.45, 7) is 3.40. The van der Waals surface area contributed by atoms with E-state index in [0.717, 1.165) is 11.4 Å². The Bertz CT molecular complexity index is 672. The Morgan fingerprint density at radius 3 is 2.76 bits per heavy atom. The maximum absolute atomic E-state index is 11.9. The van der Waals surface area contributed by atoms with Crippen molar-refractivity contribution in [3.8, 4) is 0 Å². The van der Waals surface area contributed by atoms with Crippen LogP contribution in [0.3, 0.4) is 0 Å². The number of nitrogens with one attached hydrogen (secondary N) is 1. The number of H-pyrrole nitrogens is 1. The van der Waals surface area contributed by atoms with Crippen LogP contribution in [0.5, 0.6) is 0 Å². The number of ketones is 1. The number of carbonyl (C=O) groups is 2. The van der Waals surface area contributed by atoms with Gasteiger partial charge in [-0.05, 0) is 38.1 Å². The molecule has 0 aliphatic heterocycles. The summed E-state index contributed by atoms with van der Waals surface area (Å²) in [4.78, 5) is 30.6. The van der Waals surface area contributed by atoms with Crippen molar-refractivity contribution in [1.82, 2.24) is 9.97 Å². The Morgan fingerprint density at radius 1 is 1.33 bits per heavy atom. The summed E-state index contributed by atoms with van der Waals surface area (Å²) in [5.41, 5.74) is 2.88. The summed E-state index contributed by atoms with van der Waals surface area (Å²) >= 11 is 0. The Kier molecular flexibility index (Phi) is 4.66. The number of hydrogen-bond acceptors (Lipinski definition) is 4. The maximum Gasteiger partial charge on any atom is 0.331 e. The normalized spacial score (nSPS) is 10.8. The number of aromatic amines is 1. The standard InChI is InChI=1S/C16H16N2O3/c1-11-9-14(12(2)18-11)15(19)10-21-16(20)7-6-13-5-3-4-8-17-13/h3-9,18H,10H2,1-2H3/b7-6+. The van der Waals surface area contributed by atoms with E-state index in [0.29, 0.717) is 11.3 Å². The lowest BCUT2D eigenvalue weighted by Gasteiger charge is -2.01. The van der Waals surface area contributed by atoms with Crippen LogP contribution < -0.4 is 0 Å². The molecule has 5 nitrogen and oxygen atoms in total. The van der Waals surface area contributed by atoms with Gasteiger partial charge in [-0.15, -0.1) is 0 Å². The SMILES string of the molecule is Cc1cc(C(=O)COC(=O)/C=C/c2ccccn2)c(C)[nH]1. The molecule has 0 aromatic carbocycles. The first kappa shape index (κ1) is 14.7. The van der Waals surface area contributed by atoms with Crippen LogP contribution in [-0.4, -0.2) is 28.3 Å². The molecule has 2 aromatic rings. The van der Waals surface area contributed by atoms with E-state index in [4.69, 9.17) is 4.74 Å². The third-order valence-corrected chi connectivity index (χ3v) is 2.87. The molecule has 0 bridgehead atoms. The Balaban J connectivity index is 1.88. The molecular formula is C16H16N2O3. The number of nitrogens with zero attached hydrogens (tertiary/aromatic N) is 1. The van der Waals surface area contributed by atoms with E-state index >= 15 is 0 Å². The highest BCUT2D eigenvalue weighted by atomic mass is 16.5. The number of hydrogen-bond donors (Lipinski definition) is 1. The van der Waals surface area contributed by atoms with Crippen LogP contribution in [0.4, 0.5) is 0 Å². The number of rotatable bonds is 5. The van der Waals surface area contributed by atoms with E-state index in [-0.39, 0.29) is 12.4 Å². The van der Waals surface area contributed by atoms with Gasteiger partial charge in [0.1, 0.15) is 0 Å². The molecular weight excluding hydrogens is 268 g/mol. The van der Waals surface area contributed by atoms with Gasteiger partial charge in [0.25, 0.3) is 0 Å². The van der Waals surface area contributed by atoms with Gasteiger partial charge in [-0.25, -0.2) is 4.79 Å². The van der Waals surface area contributed by atoms with Crippen molar-refractivity contribution in [1.29, 1.82) is 0 Å². The molecule has 0 spiro atoms. The van der Waals surface area contributed by atoms with E-state index in [1.165, 1.54) is 6.08 Å². The number of ether oxygens (including phenoxy) is 1. The van der Waals surface area contributed by atoms with Crippen molar-refractivity contribution in [3.05, 3.63) is 59.2 Å². The monoisotopic (exact) mass is 284 g/mol. The van der Waals surface area contributed by atoms with Crippen molar-refractivity contribution in [2.45, 2.75) is 13.8 Å². The van der Waals surface area contributed by atoms with Gasteiger partial charge in [0.2, 0.25) is 5.78 Å². The predicted octanol–water partition coefficient (Wildman–Crippen LogP) is 2.47. The Hall–Kier alpha value is -2.69. The van der Waals surface area contributed by atoms with Gasteiger partial charge >= 0.3 is 5.97 Å². The molecule has 0 aliphatic rings. The molecule has 5 heteroatoms. The number of esters is 1. The van der Waals surface area contributed by atoms with Crippen molar-refractivity contribution in [3.63, 3.8) is 0 Å². The number of carbonyl (C=O) groups excluding carboxylic acids is 2. The second kappa shape index (κ2) is 6.65. The first-order valence-electron chi connectivity index (χ1n) is 6.51. The fourth-order valence-electron chi connectivity index (χ4n) is 1.90. The van der Waals surface area contributed by atoms with Crippen LogP contribution in [0, 0.1) is 13.8 Å². The molecule has 0 unspecified atom stereocenters. The van der Waals surface area contributed by atoms with E-state index in [1.807, 2.05) is 19.9 Å². The van der Waals surface area contributed by atoms with Crippen LogP contribution in [0.1, 0.15) is 27.4 Å². The number of Topliss-reactive ketones (excluding diaryl/α,β-unsaturated/α-hetero) is 1. The molecule has 0 amide bonds. The molecule has 0 saturated carbocycles. The van der Waals surface area contributed by atoms with Crippen LogP contribution in [-0.2, 0) is 9.53 Å². The zero-order valence-corrected chi connectivity index (χ0v) is 11.9. The maximum atomic E-state index is 11.9. The van der Waals surface area contributed by atoms with Crippen LogP contribution in [0.25, 0.3) is 6.08 Å². The van der Waals surface area contributed by atoms with Gasteiger partial charge in [-0.1, -0.05) is 6.07 Å². The highest BCUT2D eigenvalue weighted by molar-refractivity contribution is 6.00. The smallest absolute Gasteiger partial charge is 0.331 e. The summed E-state index contributed by atoms with van der Waals surface area (Å²) in [5.74, 6) is -0.796. The molecule has 0 atom stereocenters. The number of aryl methyl sites for hydroxylation is 2. The minimum Gasteiger partial charge on any atom is -0.454 e. The average Bonchev–Trinajstić information content (AvgIpc) is 2.82. The second-order valence-corrected chi connectivity index (χ2v) is 4.61. The molecule has 21 heavy (non-hydrogen) atoms. The third-order valence-electron chi connectivity index (χ3n) is 2.87. The first-order chi connectivity index (χ1) is 10.1.